The molecule has 1 heterocycles. The first-order valence-electron chi connectivity index (χ1n) is 13.2. The zero-order valence-electron chi connectivity index (χ0n) is 22.5. The van der Waals surface area contributed by atoms with Gasteiger partial charge in [-0.25, -0.2) is 0 Å². The molecule has 1 aromatic heterocycles. The van der Waals surface area contributed by atoms with Gasteiger partial charge in [-0.2, -0.15) is 0 Å². The van der Waals surface area contributed by atoms with Gasteiger partial charge in [0.2, 0.25) is 0 Å². The average molecular weight is 562 g/mol. The van der Waals surface area contributed by atoms with E-state index in [9.17, 15) is 15.0 Å². The quantitative estimate of drug-likeness (QED) is 0.103. The molecule has 0 radical (unpaired) electrons. The minimum absolute atomic E-state index is 0.00415. The van der Waals surface area contributed by atoms with Gasteiger partial charge in [0.15, 0.2) is 0 Å². The molecule has 0 unspecified atom stereocenters. The molecular formula is C32H35NO6S. The summed E-state index contributed by atoms with van der Waals surface area (Å²) in [6.45, 7) is 2.37. The molecule has 3 aromatic carbocycles. The summed E-state index contributed by atoms with van der Waals surface area (Å²) in [5.74, 6) is -2.74. The number of hydrogen-bond donors (Lipinski definition) is 3. The lowest BCUT2D eigenvalue weighted by atomic mass is 10.0. The van der Waals surface area contributed by atoms with E-state index in [0.717, 1.165) is 46.6 Å². The average Bonchev–Trinajstić information content (AvgIpc) is 3.52. The van der Waals surface area contributed by atoms with Gasteiger partial charge in [0.25, 0.3) is 18.3 Å². The summed E-state index contributed by atoms with van der Waals surface area (Å²) in [5.41, 5.74) is 2.27. The first-order chi connectivity index (χ1) is 19.4. The molecule has 0 bridgehead atoms. The first-order valence-corrected chi connectivity index (χ1v) is 14.0. The van der Waals surface area contributed by atoms with Gasteiger partial charge < -0.3 is 20.1 Å². The Hall–Kier alpha value is -3.98. The maximum absolute atomic E-state index is 13.8. The SMILES string of the molecule is CCCCCCOc1ccccc1C(O)(O)N(Cc1ccccc1)C(=O)c1ccc(-c2cccs2)cc1.O=CO. The van der Waals surface area contributed by atoms with Crippen LogP contribution in [0.5, 0.6) is 5.75 Å². The van der Waals surface area contributed by atoms with E-state index in [0.29, 0.717) is 17.9 Å². The highest BCUT2D eigenvalue weighted by Gasteiger charge is 2.40. The Morgan fingerprint density at radius 3 is 2.23 bits per heavy atom. The fourth-order valence-electron chi connectivity index (χ4n) is 4.19. The van der Waals surface area contributed by atoms with Crippen molar-refractivity contribution in [1.82, 2.24) is 4.90 Å². The van der Waals surface area contributed by atoms with Crippen molar-refractivity contribution in [2.75, 3.05) is 6.61 Å². The molecule has 0 fully saturated rings. The summed E-state index contributed by atoms with van der Waals surface area (Å²) in [6.07, 6.45) is 4.16. The van der Waals surface area contributed by atoms with Crippen molar-refractivity contribution in [2.45, 2.75) is 45.1 Å². The molecule has 0 saturated carbocycles. The smallest absolute Gasteiger partial charge is 0.290 e. The molecule has 0 aliphatic heterocycles. The Balaban J connectivity index is 0.00000141. The molecule has 1 amide bonds. The number of benzene rings is 3. The second kappa shape index (κ2) is 15.6. The summed E-state index contributed by atoms with van der Waals surface area (Å²) < 4.78 is 5.96. The Bertz CT molecular complexity index is 1310. The Labute approximate surface area is 238 Å². The van der Waals surface area contributed by atoms with Gasteiger partial charge in [0.05, 0.1) is 18.7 Å². The normalized spacial score (nSPS) is 10.8. The molecule has 8 heteroatoms. The van der Waals surface area contributed by atoms with Gasteiger partial charge in [-0.3, -0.25) is 14.5 Å². The van der Waals surface area contributed by atoms with Crippen LogP contribution in [0.2, 0.25) is 0 Å². The van der Waals surface area contributed by atoms with Crippen molar-refractivity contribution < 1.29 is 29.6 Å². The summed E-state index contributed by atoms with van der Waals surface area (Å²) in [6, 6.07) is 27.3. The van der Waals surface area contributed by atoms with E-state index in [1.165, 1.54) is 0 Å². The third-order valence-corrected chi connectivity index (χ3v) is 7.17. The number of aliphatic hydroxyl groups is 2. The lowest BCUT2D eigenvalue weighted by molar-refractivity contribution is -0.259. The van der Waals surface area contributed by atoms with Crippen LogP contribution >= 0.6 is 11.3 Å². The summed E-state index contributed by atoms with van der Waals surface area (Å²) in [4.78, 5) is 24.3. The van der Waals surface area contributed by atoms with Crippen LogP contribution in [-0.4, -0.2) is 39.2 Å². The molecule has 210 valence electrons. The second-order valence-corrected chi connectivity index (χ2v) is 10.0. The van der Waals surface area contributed by atoms with Crippen LogP contribution < -0.4 is 4.74 Å². The van der Waals surface area contributed by atoms with Crippen molar-refractivity contribution >= 4 is 23.7 Å². The monoisotopic (exact) mass is 561 g/mol. The molecule has 0 spiro atoms. The third kappa shape index (κ3) is 8.26. The number of carboxylic acid groups (broad SMARTS) is 1. The highest BCUT2D eigenvalue weighted by atomic mass is 32.1. The summed E-state index contributed by atoms with van der Waals surface area (Å²) in [5, 5.41) is 32.0. The number of hydrogen-bond acceptors (Lipinski definition) is 6. The third-order valence-electron chi connectivity index (χ3n) is 6.25. The van der Waals surface area contributed by atoms with Crippen LogP contribution in [0.1, 0.15) is 54.1 Å². The number of thiophene rings is 1. The molecule has 40 heavy (non-hydrogen) atoms. The highest BCUT2D eigenvalue weighted by Crippen LogP contribution is 2.34. The van der Waals surface area contributed by atoms with Gasteiger partial charge in [-0.05, 0) is 53.3 Å². The fourth-order valence-corrected chi connectivity index (χ4v) is 4.92. The Morgan fingerprint density at radius 2 is 1.57 bits per heavy atom. The largest absolute Gasteiger partial charge is 0.493 e. The van der Waals surface area contributed by atoms with Gasteiger partial charge in [0, 0.05) is 10.4 Å². The molecule has 4 rings (SSSR count). The highest BCUT2D eigenvalue weighted by molar-refractivity contribution is 7.13. The number of unbranched alkanes of at least 4 members (excludes halogenated alkanes) is 3. The maximum atomic E-state index is 13.8. The lowest BCUT2D eigenvalue weighted by Crippen LogP contribution is -2.49. The number of para-hydroxylation sites is 1. The van der Waals surface area contributed by atoms with Crippen molar-refractivity contribution in [3.05, 3.63) is 113 Å². The standard InChI is InChI=1S/C31H33NO4S.CH2O2/c1-2-3-4-10-21-36-28-15-9-8-14-27(28)31(34,35)32(23-24-12-6-5-7-13-24)30(33)26-19-17-25(18-20-26)29-16-11-22-37-29;2-1-3/h5-9,11-20,22,34-35H,2-4,10,21,23H2,1H3;1H,(H,2,3). The minimum atomic E-state index is -2.60. The van der Waals surface area contributed by atoms with E-state index in [-0.39, 0.29) is 18.6 Å². The van der Waals surface area contributed by atoms with Gasteiger partial charge in [-0.15, -0.1) is 11.3 Å². The van der Waals surface area contributed by atoms with Crippen LogP contribution in [0.4, 0.5) is 0 Å². The Kier molecular flexibility index (Phi) is 11.9. The van der Waals surface area contributed by atoms with Gasteiger partial charge >= 0.3 is 0 Å². The zero-order chi connectivity index (χ0) is 28.8. The summed E-state index contributed by atoms with van der Waals surface area (Å²) in [7, 11) is 0. The van der Waals surface area contributed by atoms with E-state index in [2.05, 4.69) is 6.92 Å². The zero-order valence-corrected chi connectivity index (χ0v) is 23.3. The fraction of sp³-hybridized carbons (Fsp3) is 0.250. The second-order valence-electron chi connectivity index (χ2n) is 9.08. The van der Waals surface area contributed by atoms with Gasteiger partial charge in [-0.1, -0.05) is 86.8 Å². The topological polar surface area (TPSA) is 107 Å². The maximum Gasteiger partial charge on any atom is 0.290 e. The molecular weight excluding hydrogens is 526 g/mol. The van der Waals surface area contributed by atoms with E-state index in [1.54, 1.807) is 47.7 Å². The molecule has 0 aliphatic rings. The van der Waals surface area contributed by atoms with Crippen LogP contribution in [0.25, 0.3) is 10.4 Å². The number of carbonyl (C=O) groups excluding carboxylic acids is 1. The van der Waals surface area contributed by atoms with Crippen molar-refractivity contribution in [1.29, 1.82) is 0 Å². The minimum Gasteiger partial charge on any atom is -0.493 e. The molecule has 4 aromatic rings. The molecule has 7 nitrogen and oxygen atoms in total. The van der Waals surface area contributed by atoms with Crippen LogP contribution in [0, 0.1) is 0 Å². The van der Waals surface area contributed by atoms with Crippen molar-refractivity contribution in [3.8, 4) is 16.2 Å². The van der Waals surface area contributed by atoms with Crippen LogP contribution in [0.3, 0.4) is 0 Å². The van der Waals surface area contributed by atoms with Crippen LogP contribution in [-0.2, 0) is 17.3 Å². The Morgan fingerprint density at radius 1 is 0.900 bits per heavy atom. The number of ether oxygens (including phenoxy) is 1. The van der Waals surface area contributed by atoms with E-state index >= 15 is 0 Å². The van der Waals surface area contributed by atoms with Crippen LogP contribution in [0.15, 0.2) is 96.4 Å². The number of carbonyl (C=O) groups is 2. The number of rotatable bonds is 12. The number of nitrogens with zero attached hydrogens (tertiary/aromatic N) is 1. The van der Waals surface area contributed by atoms with E-state index < -0.39 is 11.8 Å². The summed E-state index contributed by atoms with van der Waals surface area (Å²) >= 11 is 1.62. The molecule has 0 atom stereocenters. The molecule has 0 saturated heterocycles. The van der Waals surface area contributed by atoms with Crippen molar-refractivity contribution in [3.63, 3.8) is 0 Å². The number of amides is 1. The predicted molar refractivity (Wildman–Crippen MR) is 157 cm³/mol. The predicted octanol–water partition coefficient (Wildman–Crippen LogP) is 6.51. The molecule has 0 aliphatic carbocycles. The van der Waals surface area contributed by atoms with Crippen molar-refractivity contribution in [2.24, 2.45) is 0 Å². The molecule has 3 N–H and O–H groups in total. The van der Waals surface area contributed by atoms with E-state index in [4.69, 9.17) is 14.6 Å². The lowest BCUT2D eigenvalue weighted by Gasteiger charge is -2.36. The first kappa shape index (κ1) is 30.6. The van der Waals surface area contributed by atoms with Gasteiger partial charge in [0.1, 0.15) is 5.75 Å². The van der Waals surface area contributed by atoms with E-state index in [1.807, 2.05) is 60.0 Å².